The minimum Gasteiger partial charge on any atom is -0.382 e. The highest BCUT2D eigenvalue weighted by Crippen LogP contribution is 2.37. The smallest absolute Gasteiger partial charge is 0.382 e. The number of nitrogens with zero attached hydrogens (tertiary/aromatic N) is 2. The molecule has 18 heavy (non-hydrogen) atoms. The summed E-state index contributed by atoms with van der Waals surface area (Å²) in [5.74, 6) is -0.0181. The van der Waals surface area contributed by atoms with Crippen LogP contribution in [0.3, 0.4) is 0 Å². The molecule has 0 amide bonds. The van der Waals surface area contributed by atoms with Gasteiger partial charge in [-0.25, -0.2) is 4.98 Å². The highest BCUT2D eigenvalue weighted by atomic mass is 19.4. The number of hydrogen-bond acceptors (Lipinski definition) is 3. The Morgan fingerprint density at radius 3 is 2.61 bits per heavy atom. The van der Waals surface area contributed by atoms with Crippen molar-refractivity contribution in [3.05, 3.63) is 30.0 Å². The van der Waals surface area contributed by atoms with Crippen molar-refractivity contribution in [1.29, 1.82) is 0 Å². The Morgan fingerprint density at radius 1 is 1.17 bits per heavy atom. The van der Waals surface area contributed by atoms with Crippen molar-refractivity contribution in [3.63, 3.8) is 0 Å². The van der Waals surface area contributed by atoms with Crippen LogP contribution in [0.25, 0.3) is 21.8 Å². The number of hydrogen-bond donors (Lipinski definition) is 2. The summed E-state index contributed by atoms with van der Waals surface area (Å²) in [7, 11) is 0. The number of halogens is 3. The van der Waals surface area contributed by atoms with Crippen molar-refractivity contribution in [2.75, 3.05) is 5.73 Å². The van der Waals surface area contributed by atoms with Gasteiger partial charge in [-0.1, -0.05) is 18.2 Å². The zero-order chi connectivity index (χ0) is 12.9. The molecule has 0 unspecified atom stereocenters. The fourth-order valence-corrected chi connectivity index (χ4v) is 1.96. The van der Waals surface area contributed by atoms with Crippen molar-refractivity contribution in [1.82, 2.24) is 15.2 Å². The quantitative estimate of drug-likeness (QED) is 0.646. The Morgan fingerprint density at radius 2 is 1.89 bits per heavy atom. The lowest BCUT2D eigenvalue weighted by atomic mass is 10.1. The summed E-state index contributed by atoms with van der Waals surface area (Å²) in [5.41, 5.74) is 5.17. The van der Waals surface area contributed by atoms with Gasteiger partial charge in [0.1, 0.15) is 11.2 Å². The van der Waals surface area contributed by atoms with Crippen LogP contribution in [0.15, 0.2) is 24.3 Å². The first-order valence-electron chi connectivity index (χ1n) is 5.08. The first-order chi connectivity index (χ1) is 8.48. The standard InChI is InChI=1S/C11H7F3N4/c12-11(13,14)9-7-5-3-1-2-4-6(5)16-10(15)8(7)17-18-9/h1-4H,(H2,15,16)(H,17,18). The summed E-state index contributed by atoms with van der Waals surface area (Å²) in [6, 6.07) is 6.51. The first kappa shape index (κ1) is 10.8. The summed E-state index contributed by atoms with van der Waals surface area (Å²) < 4.78 is 38.6. The average molecular weight is 252 g/mol. The number of fused-ring (bicyclic) bond motifs is 3. The zero-order valence-electron chi connectivity index (χ0n) is 8.92. The second kappa shape index (κ2) is 3.34. The molecule has 3 rings (SSSR count). The number of nitrogens with two attached hydrogens (primary N) is 1. The number of benzene rings is 1. The molecule has 92 valence electrons. The molecule has 0 atom stereocenters. The van der Waals surface area contributed by atoms with E-state index in [1.165, 1.54) is 0 Å². The van der Waals surface area contributed by atoms with Crippen molar-refractivity contribution in [3.8, 4) is 0 Å². The molecule has 0 bridgehead atoms. The maximum Gasteiger partial charge on any atom is 0.433 e. The average Bonchev–Trinajstić information content (AvgIpc) is 2.74. The molecule has 1 aromatic carbocycles. The fraction of sp³-hybridized carbons (Fsp3) is 0.0909. The third kappa shape index (κ3) is 1.40. The lowest BCUT2D eigenvalue weighted by Gasteiger charge is -2.06. The summed E-state index contributed by atoms with van der Waals surface area (Å²) in [6.45, 7) is 0. The van der Waals surface area contributed by atoms with Gasteiger partial charge in [0.05, 0.1) is 5.52 Å². The van der Waals surface area contributed by atoms with Crippen LogP contribution in [-0.4, -0.2) is 15.2 Å². The molecule has 0 saturated heterocycles. The van der Waals surface area contributed by atoms with Gasteiger partial charge in [-0.05, 0) is 6.07 Å². The van der Waals surface area contributed by atoms with Crippen LogP contribution in [-0.2, 0) is 6.18 Å². The van der Waals surface area contributed by atoms with E-state index in [0.29, 0.717) is 10.9 Å². The van der Waals surface area contributed by atoms with E-state index in [1.807, 2.05) is 5.10 Å². The Kier molecular flexibility index (Phi) is 2.01. The van der Waals surface area contributed by atoms with Crippen LogP contribution in [0.1, 0.15) is 5.69 Å². The Balaban J connectivity index is 2.56. The van der Waals surface area contributed by atoms with Crippen molar-refractivity contribution in [2.24, 2.45) is 0 Å². The zero-order valence-corrected chi connectivity index (χ0v) is 8.92. The van der Waals surface area contributed by atoms with E-state index in [2.05, 4.69) is 10.1 Å². The lowest BCUT2D eigenvalue weighted by Crippen LogP contribution is -2.06. The van der Waals surface area contributed by atoms with Crippen molar-refractivity contribution in [2.45, 2.75) is 6.18 Å². The number of rotatable bonds is 0. The van der Waals surface area contributed by atoms with Crippen LogP contribution in [0.2, 0.25) is 0 Å². The van der Waals surface area contributed by atoms with Crippen LogP contribution in [0.5, 0.6) is 0 Å². The van der Waals surface area contributed by atoms with E-state index in [9.17, 15) is 13.2 Å². The minimum absolute atomic E-state index is 0.0181. The molecule has 3 N–H and O–H groups in total. The number of pyridine rings is 1. The van der Waals surface area contributed by atoms with Crippen molar-refractivity contribution >= 4 is 27.6 Å². The van der Waals surface area contributed by atoms with Gasteiger partial charge in [-0.2, -0.15) is 18.3 Å². The van der Waals surface area contributed by atoms with Gasteiger partial charge in [-0.15, -0.1) is 0 Å². The second-order valence-corrected chi connectivity index (χ2v) is 3.83. The molecule has 2 aromatic heterocycles. The molecular formula is C11H7F3N4. The molecule has 0 radical (unpaired) electrons. The molecule has 0 spiro atoms. The Hall–Kier alpha value is -2.31. The first-order valence-corrected chi connectivity index (χ1v) is 5.08. The van der Waals surface area contributed by atoms with Gasteiger partial charge < -0.3 is 5.73 Å². The van der Waals surface area contributed by atoms with Gasteiger partial charge in [0.15, 0.2) is 5.82 Å². The fourth-order valence-electron chi connectivity index (χ4n) is 1.96. The third-order valence-corrected chi connectivity index (χ3v) is 2.71. The number of nitrogens with one attached hydrogen (secondary N) is 1. The number of H-pyrrole nitrogens is 1. The molecule has 2 heterocycles. The predicted molar refractivity (Wildman–Crippen MR) is 60.8 cm³/mol. The molecule has 0 aliphatic carbocycles. The highest BCUT2D eigenvalue weighted by molar-refractivity contribution is 6.09. The summed E-state index contributed by atoms with van der Waals surface area (Å²) >= 11 is 0. The second-order valence-electron chi connectivity index (χ2n) is 3.83. The molecule has 0 aliphatic heterocycles. The van der Waals surface area contributed by atoms with E-state index >= 15 is 0 Å². The number of anilines is 1. The maximum atomic E-state index is 12.9. The van der Waals surface area contributed by atoms with E-state index in [1.54, 1.807) is 24.3 Å². The predicted octanol–water partition coefficient (Wildman–Crippen LogP) is 2.71. The van der Waals surface area contributed by atoms with Crippen molar-refractivity contribution < 1.29 is 13.2 Å². The van der Waals surface area contributed by atoms with E-state index in [-0.39, 0.29) is 16.7 Å². The van der Waals surface area contributed by atoms with E-state index in [0.717, 1.165) is 0 Å². The molecule has 0 saturated carbocycles. The lowest BCUT2D eigenvalue weighted by molar-refractivity contribution is -0.139. The molecule has 0 fully saturated rings. The van der Waals surface area contributed by atoms with E-state index in [4.69, 9.17) is 5.73 Å². The molecule has 7 heteroatoms. The van der Waals surface area contributed by atoms with Crippen LogP contribution >= 0.6 is 0 Å². The molecule has 0 aliphatic rings. The highest BCUT2D eigenvalue weighted by Gasteiger charge is 2.36. The molecule has 3 aromatic rings. The van der Waals surface area contributed by atoms with Crippen LogP contribution in [0.4, 0.5) is 19.0 Å². The molecule has 4 nitrogen and oxygen atoms in total. The van der Waals surface area contributed by atoms with Gasteiger partial charge in [-0.3, -0.25) is 5.10 Å². The van der Waals surface area contributed by atoms with E-state index < -0.39 is 11.9 Å². The third-order valence-electron chi connectivity index (χ3n) is 2.71. The number of aromatic nitrogens is 3. The van der Waals surface area contributed by atoms with Crippen LogP contribution < -0.4 is 5.73 Å². The number of aromatic amines is 1. The molecular weight excluding hydrogens is 245 g/mol. The summed E-state index contributed by atoms with van der Waals surface area (Å²) in [4.78, 5) is 4.03. The van der Waals surface area contributed by atoms with Gasteiger partial charge in [0.2, 0.25) is 0 Å². The number of nitrogen functional groups attached to an aromatic ring is 1. The summed E-state index contributed by atoms with van der Waals surface area (Å²) in [6.07, 6.45) is -4.51. The normalized spacial score (nSPS) is 12.4. The number of para-hydroxylation sites is 1. The van der Waals surface area contributed by atoms with Gasteiger partial charge in [0, 0.05) is 10.8 Å². The topological polar surface area (TPSA) is 67.6 Å². The SMILES string of the molecule is Nc1nc2ccccc2c2c(C(F)(F)F)[nH]nc12. The van der Waals surface area contributed by atoms with Crippen LogP contribution in [0, 0.1) is 0 Å². The maximum absolute atomic E-state index is 12.9. The Labute approximate surface area is 98.6 Å². The van der Waals surface area contributed by atoms with Gasteiger partial charge >= 0.3 is 6.18 Å². The monoisotopic (exact) mass is 252 g/mol. The Bertz CT molecular complexity index is 745. The minimum atomic E-state index is -4.51. The van der Waals surface area contributed by atoms with Gasteiger partial charge in [0.25, 0.3) is 0 Å². The number of alkyl halides is 3. The largest absolute Gasteiger partial charge is 0.433 e. The summed E-state index contributed by atoms with van der Waals surface area (Å²) in [5, 5.41) is 5.94.